The Kier molecular flexibility index (Phi) is 3.34. The van der Waals surface area contributed by atoms with Crippen LogP contribution in [0.1, 0.15) is 11.1 Å². The van der Waals surface area contributed by atoms with Gasteiger partial charge in [0.15, 0.2) is 0 Å². The lowest BCUT2D eigenvalue weighted by atomic mass is 10.1. The van der Waals surface area contributed by atoms with Gasteiger partial charge in [-0.3, -0.25) is 0 Å². The van der Waals surface area contributed by atoms with Gasteiger partial charge in [0.25, 0.3) is 0 Å². The Bertz CT molecular complexity index is 511. The summed E-state index contributed by atoms with van der Waals surface area (Å²) in [4.78, 5) is 0. The highest BCUT2D eigenvalue weighted by molar-refractivity contribution is 6.33. The maximum Gasteiger partial charge on any atom is 0.125 e. The zero-order chi connectivity index (χ0) is 12.4. The van der Waals surface area contributed by atoms with Crippen LogP contribution in [0, 0.1) is 19.7 Å². The topological polar surface area (TPSA) is 12.0 Å². The molecule has 88 valence electrons. The minimum Gasteiger partial charge on any atom is -0.354 e. The molecule has 2 aromatic rings. The molecule has 0 saturated heterocycles. The van der Waals surface area contributed by atoms with Crippen molar-refractivity contribution in [3.8, 4) is 0 Å². The van der Waals surface area contributed by atoms with Crippen LogP contribution in [0.5, 0.6) is 0 Å². The van der Waals surface area contributed by atoms with Crippen molar-refractivity contribution in [1.82, 2.24) is 0 Å². The first-order valence-corrected chi connectivity index (χ1v) is 5.73. The van der Waals surface area contributed by atoms with Crippen molar-refractivity contribution >= 4 is 23.0 Å². The highest BCUT2D eigenvalue weighted by Crippen LogP contribution is 2.29. The molecule has 0 aliphatic carbocycles. The Labute approximate surface area is 105 Å². The average Bonchev–Trinajstić information content (AvgIpc) is 2.26. The van der Waals surface area contributed by atoms with Crippen LogP contribution < -0.4 is 5.32 Å². The van der Waals surface area contributed by atoms with Crippen LogP contribution in [0.2, 0.25) is 5.02 Å². The summed E-state index contributed by atoms with van der Waals surface area (Å²) in [5.41, 5.74) is 3.66. The summed E-state index contributed by atoms with van der Waals surface area (Å²) in [6, 6.07) is 10.7. The number of benzene rings is 2. The molecular weight excluding hydrogens is 237 g/mol. The Balaban J connectivity index is 2.33. The van der Waals surface area contributed by atoms with Crippen LogP contribution >= 0.6 is 11.6 Å². The van der Waals surface area contributed by atoms with Crippen molar-refractivity contribution in [3.63, 3.8) is 0 Å². The van der Waals surface area contributed by atoms with E-state index in [1.54, 1.807) is 0 Å². The maximum absolute atomic E-state index is 13.1. The SMILES string of the molecule is Cc1ccc(Nc2c(C)cc(F)cc2Cl)cc1. The van der Waals surface area contributed by atoms with Crippen molar-refractivity contribution in [2.75, 3.05) is 5.32 Å². The van der Waals surface area contributed by atoms with Gasteiger partial charge in [-0.25, -0.2) is 4.39 Å². The fraction of sp³-hybridized carbons (Fsp3) is 0.143. The highest BCUT2D eigenvalue weighted by atomic mass is 35.5. The first-order chi connectivity index (χ1) is 8.06. The molecule has 1 N–H and O–H groups in total. The van der Waals surface area contributed by atoms with E-state index >= 15 is 0 Å². The molecule has 0 saturated carbocycles. The van der Waals surface area contributed by atoms with E-state index in [1.807, 2.05) is 38.1 Å². The van der Waals surface area contributed by atoms with Gasteiger partial charge in [0, 0.05) is 5.69 Å². The molecule has 0 amide bonds. The van der Waals surface area contributed by atoms with Crippen LogP contribution in [0.3, 0.4) is 0 Å². The molecule has 0 atom stereocenters. The first-order valence-electron chi connectivity index (χ1n) is 5.35. The smallest absolute Gasteiger partial charge is 0.125 e. The lowest BCUT2D eigenvalue weighted by Crippen LogP contribution is -1.95. The van der Waals surface area contributed by atoms with Crippen LogP contribution in [-0.2, 0) is 0 Å². The quantitative estimate of drug-likeness (QED) is 0.803. The van der Waals surface area contributed by atoms with Crippen LogP contribution in [-0.4, -0.2) is 0 Å². The minimum atomic E-state index is -0.318. The molecule has 0 bridgehead atoms. The third-order valence-corrected chi connectivity index (χ3v) is 2.87. The van der Waals surface area contributed by atoms with Crippen molar-refractivity contribution < 1.29 is 4.39 Å². The van der Waals surface area contributed by atoms with E-state index in [0.29, 0.717) is 5.02 Å². The molecule has 0 aliphatic heterocycles. The second kappa shape index (κ2) is 4.76. The van der Waals surface area contributed by atoms with Gasteiger partial charge >= 0.3 is 0 Å². The molecule has 0 spiro atoms. The zero-order valence-corrected chi connectivity index (χ0v) is 10.5. The van der Waals surface area contributed by atoms with E-state index in [4.69, 9.17) is 11.6 Å². The number of hydrogen-bond donors (Lipinski definition) is 1. The lowest BCUT2D eigenvalue weighted by molar-refractivity contribution is 0.627. The third kappa shape index (κ3) is 2.77. The van der Waals surface area contributed by atoms with Crippen LogP contribution in [0.25, 0.3) is 0 Å². The minimum absolute atomic E-state index is 0.318. The van der Waals surface area contributed by atoms with Crippen LogP contribution in [0.4, 0.5) is 15.8 Å². The molecular formula is C14H13ClFN. The number of rotatable bonds is 2. The van der Waals surface area contributed by atoms with Gasteiger partial charge in [0.05, 0.1) is 10.7 Å². The standard InChI is InChI=1S/C14H13ClFN/c1-9-3-5-12(6-4-9)17-14-10(2)7-11(16)8-13(14)15/h3-8,17H,1-2H3. The van der Waals surface area contributed by atoms with Gasteiger partial charge in [-0.15, -0.1) is 0 Å². The predicted molar refractivity (Wildman–Crippen MR) is 70.6 cm³/mol. The number of nitrogens with one attached hydrogen (secondary N) is 1. The number of aryl methyl sites for hydroxylation is 2. The summed E-state index contributed by atoms with van der Waals surface area (Å²) in [7, 11) is 0. The molecule has 0 unspecified atom stereocenters. The second-order valence-electron chi connectivity index (χ2n) is 4.07. The molecule has 0 aromatic heterocycles. The van der Waals surface area contributed by atoms with E-state index < -0.39 is 0 Å². The first kappa shape index (κ1) is 11.9. The fourth-order valence-electron chi connectivity index (χ4n) is 1.64. The Morgan fingerprint density at radius 2 is 1.71 bits per heavy atom. The molecule has 2 rings (SSSR count). The lowest BCUT2D eigenvalue weighted by Gasteiger charge is -2.12. The summed E-state index contributed by atoms with van der Waals surface area (Å²) in [5, 5.41) is 3.59. The van der Waals surface area contributed by atoms with Gasteiger partial charge in [-0.1, -0.05) is 29.3 Å². The van der Waals surface area contributed by atoms with Crippen molar-refractivity contribution in [1.29, 1.82) is 0 Å². The number of hydrogen-bond acceptors (Lipinski definition) is 1. The number of anilines is 2. The monoisotopic (exact) mass is 249 g/mol. The average molecular weight is 250 g/mol. The fourth-order valence-corrected chi connectivity index (χ4v) is 1.94. The van der Waals surface area contributed by atoms with E-state index in [0.717, 1.165) is 16.9 Å². The summed E-state index contributed by atoms with van der Waals surface area (Å²) in [6.45, 7) is 3.85. The summed E-state index contributed by atoms with van der Waals surface area (Å²) in [6.07, 6.45) is 0. The summed E-state index contributed by atoms with van der Waals surface area (Å²) in [5.74, 6) is -0.318. The predicted octanol–water partition coefficient (Wildman–Crippen LogP) is 4.84. The van der Waals surface area contributed by atoms with E-state index in [1.165, 1.54) is 17.7 Å². The second-order valence-corrected chi connectivity index (χ2v) is 4.48. The van der Waals surface area contributed by atoms with Crippen molar-refractivity contribution in [2.45, 2.75) is 13.8 Å². The normalized spacial score (nSPS) is 10.4. The van der Waals surface area contributed by atoms with E-state index in [-0.39, 0.29) is 5.82 Å². The van der Waals surface area contributed by atoms with Gasteiger partial charge in [0.2, 0.25) is 0 Å². The molecule has 2 aromatic carbocycles. The Hall–Kier alpha value is -1.54. The molecule has 0 aliphatic rings. The van der Waals surface area contributed by atoms with Gasteiger partial charge < -0.3 is 5.32 Å². The van der Waals surface area contributed by atoms with Crippen LogP contribution in [0.15, 0.2) is 36.4 Å². The molecule has 0 fully saturated rings. The third-order valence-electron chi connectivity index (χ3n) is 2.57. The van der Waals surface area contributed by atoms with Gasteiger partial charge in [-0.2, -0.15) is 0 Å². The van der Waals surface area contributed by atoms with E-state index in [2.05, 4.69) is 5.32 Å². The number of halogens is 2. The molecule has 3 heteroatoms. The molecule has 1 nitrogen and oxygen atoms in total. The van der Waals surface area contributed by atoms with E-state index in [9.17, 15) is 4.39 Å². The maximum atomic E-state index is 13.1. The largest absolute Gasteiger partial charge is 0.354 e. The van der Waals surface area contributed by atoms with Gasteiger partial charge in [0.1, 0.15) is 5.82 Å². The molecule has 17 heavy (non-hydrogen) atoms. The summed E-state index contributed by atoms with van der Waals surface area (Å²) < 4.78 is 13.1. The van der Waals surface area contributed by atoms with Crippen molar-refractivity contribution in [2.24, 2.45) is 0 Å². The van der Waals surface area contributed by atoms with Gasteiger partial charge in [-0.05, 0) is 43.7 Å². The van der Waals surface area contributed by atoms with Crippen molar-refractivity contribution in [3.05, 3.63) is 58.4 Å². The zero-order valence-electron chi connectivity index (χ0n) is 9.72. The molecule has 0 radical (unpaired) electrons. The Morgan fingerprint density at radius 3 is 2.29 bits per heavy atom. The Morgan fingerprint density at radius 1 is 1.06 bits per heavy atom. The summed E-state index contributed by atoms with van der Waals surface area (Å²) >= 11 is 6.01. The highest BCUT2D eigenvalue weighted by Gasteiger charge is 2.06. The molecule has 0 heterocycles.